The van der Waals surface area contributed by atoms with E-state index >= 15 is 0 Å². The first-order chi connectivity index (χ1) is 16.4. The maximum absolute atomic E-state index is 12.5. The van der Waals surface area contributed by atoms with Crippen molar-refractivity contribution in [3.63, 3.8) is 0 Å². The highest BCUT2D eigenvalue weighted by molar-refractivity contribution is 9.10. The minimum absolute atomic E-state index is 0.197. The number of thioether (sulfide) groups is 1. The Bertz CT molecular complexity index is 1280. The predicted octanol–water partition coefficient (Wildman–Crippen LogP) is 7.28. The van der Waals surface area contributed by atoms with Crippen LogP contribution >= 0.6 is 39.3 Å². The van der Waals surface area contributed by atoms with Crippen LogP contribution in [0.1, 0.15) is 23.6 Å². The first-order valence-corrected chi connectivity index (χ1v) is 12.6. The van der Waals surface area contributed by atoms with Crippen LogP contribution in [0.5, 0.6) is 11.5 Å². The number of benzene rings is 3. The van der Waals surface area contributed by atoms with E-state index in [-0.39, 0.29) is 5.91 Å². The van der Waals surface area contributed by atoms with Gasteiger partial charge in [0.05, 0.1) is 17.2 Å². The number of carbonyl (C=O) groups is 1. The zero-order valence-electron chi connectivity index (χ0n) is 18.6. The van der Waals surface area contributed by atoms with E-state index in [0.29, 0.717) is 39.8 Å². The normalized spacial score (nSPS) is 15.6. The number of hydrogen-bond acceptors (Lipinski definition) is 5. The molecule has 0 radical (unpaired) electrons. The molecule has 1 aliphatic rings. The zero-order chi connectivity index (χ0) is 24.1. The van der Waals surface area contributed by atoms with Gasteiger partial charge in [-0.1, -0.05) is 51.8 Å². The van der Waals surface area contributed by atoms with Crippen LogP contribution in [0.2, 0.25) is 5.02 Å². The molecular formula is C26H22BrClN2O3S. The Morgan fingerprint density at radius 1 is 1.09 bits per heavy atom. The maximum atomic E-state index is 12.5. The van der Waals surface area contributed by atoms with Gasteiger partial charge in [0, 0.05) is 9.50 Å². The topological polar surface area (TPSA) is 59.9 Å². The van der Waals surface area contributed by atoms with Gasteiger partial charge in [-0.2, -0.15) is 0 Å². The van der Waals surface area contributed by atoms with E-state index in [9.17, 15) is 4.79 Å². The van der Waals surface area contributed by atoms with E-state index in [1.165, 1.54) is 11.8 Å². The van der Waals surface area contributed by atoms with E-state index in [4.69, 9.17) is 21.1 Å². The highest BCUT2D eigenvalue weighted by Gasteiger charge is 2.24. The molecule has 1 N–H and O–H groups in total. The first-order valence-electron chi connectivity index (χ1n) is 10.6. The fraction of sp³-hybridized carbons (Fsp3) is 0.154. The number of amides is 1. The lowest BCUT2D eigenvalue weighted by Gasteiger charge is -2.13. The van der Waals surface area contributed by atoms with Gasteiger partial charge in [-0.05, 0) is 84.8 Å². The SMILES string of the molecule is CCOc1cc(/C=C2\SC(=Nc3cccc(Cl)c3C)NC2=O)ccc1OCc1ccc(Br)cc1. The number of nitrogens with zero attached hydrogens (tertiary/aromatic N) is 1. The molecule has 3 aromatic rings. The summed E-state index contributed by atoms with van der Waals surface area (Å²) in [5, 5.41) is 3.97. The smallest absolute Gasteiger partial charge is 0.264 e. The molecule has 4 rings (SSSR count). The van der Waals surface area contributed by atoms with E-state index in [2.05, 4.69) is 26.2 Å². The number of hydrogen-bond donors (Lipinski definition) is 1. The van der Waals surface area contributed by atoms with Gasteiger partial charge in [-0.25, -0.2) is 4.99 Å². The van der Waals surface area contributed by atoms with E-state index in [1.54, 1.807) is 0 Å². The Kier molecular flexibility index (Phi) is 7.98. The van der Waals surface area contributed by atoms with Gasteiger partial charge in [-0.15, -0.1) is 0 Å². The second kappa shape index (κ2) is 11.1. The third-order valence-electron chi connectivity index (χ3n) is 4.98. The quantitative estimate of drug-likeness (QED) is 0.310. The molecule has 34 heavy (non-hydrogen) atoms. The van der Waals surface area contributed by atoms with Crippen molar-refractivity contribution in [3.8, 4) is 11.5 Å². The van der Waals surface area contributed by atoms with Crippen LogP contribution < -0.4 is 14.8 Å². The highest BCUT2D eigenvalue weighted by Crippen LogP contribution is 2.34. The molecule has 0 saturated carbocycles. The molecule has 174 valence electrons. The van der Waals surface area contributed by atoms with Crippen LogP contribution in [0.4, 0.5) is 5.69 Å². The third-order valence-corrected chi connectivity index (χ3v) is 6.83. The molecule has 0 spiro atoms. The predicted molar refractivity (Wildman–Crippen MR) is 143 cm³/mol. The van der Waals surface area contributed by atoms with Crippen molar-refractivity contribution in [1.82, 2.24) is 5.32 Å². The summed E-state index contributed by atoms with van der Waals surface area (Å²) >= 11 is 10.9. The molecular weight excluding hydrogens is 536 g/mol. The Hall–Kier alpha value is -2.74. The van der Waals surface area contributed by atoms with Gasteiger partial charge in [-0.3, -0.25) is 4.79 Å². The summed E-state index contributed by atoms with van der Waals surface area (Å²) < 4.78 is 12.8. The Morgan fingerprint density at radius 2 is 1.88 bits per heavy atom. The fourth-order valence-electron chi connectivity index (χ4n) is 3.20. The summed E-state index contributed by atoms with van der Waals surface area (Å²) in [6.07, 6.45) is 1.81. The molecule has 3 aromatic carbocycles. The molecule has 0 atom stereocenters. The maximum Gasteiger partial charge on any atom is 0.264 e. The van der Waals surface area contributed by atoms with Gasteiger partial charge >= 0.3 is 0 Å². The number of carbonyl (C=O) groups excluding carboxylic acids is 1. The van der Waals surface area contributed by atoms with Gasteiger partial charge < -0.3 is 14.8 Å². The van der Waals surface area contributed by atoms with Crippen molar-refractivity contribution < 1.29 is 14.3 Å². The Morgan fingerprint density at radius 3 is 2.65 bits per heavy atom. The zero-order valence-corrected chi connectivity index (χ0v) is 21.8. The molecule has 0 unspecified atom stereocenters. The lowest BCUT2D eigenvalue weighted by Crippen LogP contribution is -2.19. The molecule has 1 aliphatic heterocycles. The molecule has 1 amide bonds. The summed E-state index contributed by atoms with van der Waals surface area (Å²) in [6, 6.07) is 19.1. The van der Waals surface area contributed by atoms with Gasteiger partial charge in [0.25, 0.3) is 5.91 Å². The summed E-state index contributed by atoms with van der Waals surface area (Å²) in [5.74, 6) is 1.08. The van der Waals surface area contributed by atoms with Crippen molar-refractivity contribution in [2.75, 3.05) is 6.61 Å². The van der Waals surface area contributed by atoms with E-state index in [0.717, 1.165) is 26.9 Å². The van der Waals surface area contributed by atoms with Gasteiger partial charge in [0.1, 0.15) is 6.61 Å². The number of halogens is 2. The van der Waals surface area contributed by atoms with Crippen LogP contribution in [0.3, 0.4) is 0 Å². The lowest BCUT2D eigenvalue weighted by molar-refractivity contribution is -0.115. The average Bonchev–Trinajstić information content (AvgIpc) is 3.16. The Balaban J connectivity index is 1.52. The minimum atomic E-state index is -0.197. The molecule has 5 nitrogen and oxygen atoms in total. The number of amidine groups is 1. The molecule has 8 heteroatoms. The highest BCUT2D eigenvalue weighted by atomic mass is 79.9. The first kappa shape index (κ1) is 24.4. The number of ether oxygens (including phenoxy) is 2. The number of aliphatic imine (C=N–C) groups is 1. The standard InChI is InChI=1S/C26H22BrClN2O3S/c1-3-32-23-13-18(9-12-22(23)33-15-17-7-10-19(27)11-8-17)14-24-25(31)30-26(34-24)29-21-6-4-5-20(28)16(21)2/h4-14H,3,15H2,1-2H3,(H,29,30,31)/b24-14-. The largest absolute Gasteiger partial charge is 0.490 e. The van der Waals surface area contributed by atoms with Crippen LogP contribution in [0, 0.1) is 6.92 Å². The van der Waals surface area contributed by atoms with E-state index < -0.39 is 0 Å². The Labute approximate surface area is 216 Å². The average molecular weight is 558 g/mol. The van der Waals surface area contributed by atoms with E-state index in [1.807, 2.05) is 80.6 Å². The van der Waals surface area contributed by atoms with Gasteiger partial charge in [0.15, 0.2) is 16.7 Å². The second-order valence-electron chi connectivity index (χ2n) is 7.42. The van der Waals surface area contributed by atoms with Crippen LogP contribution in [0.15, 0.2) is 75.0 Å². The molecule has 1 saturated heterocycles. The molecule has 1 fully saturated rings. The number of nitrogens with one attached hydrogen (secondary N) is 1. The molecule has 0 bridgehead atoms. The number of rotatable bonds is 7. The molecule has 0 aromatic heterocycles. The molecule has 1 heterocycles. The van der Waals surface area contributed by atoms with Gasteiger partial charge in [0.2, 0.25) is 0 Å². The third kappa shape index (κ3) is 6.03. The summed E-state index contributed by atoms with van der Waals surface area (Å²) in [6.45, 7) is 4.74. The summed E-state index contributed by atoms with van der Waals surface area (Å²) in [7, 11) is 0. The van der Waals surface area contributed by atoms with Crippen molar-refractivity contribution in [2.45, 2.75) is 20.5 Å². The van der Waals surface area contributed by atoms with Crippen molar-refractivity contribution in [1.29, 1.82) is 0 Å². The van der Waals surface area contributed by atoms with Crippen LogP contribution in [-0.4, -0.2) is 17.7 Å². The van der Waals surface area contributed by atoms with Crippen molar-refractivity contribution in [3.05, 3.63) is 91.8 Å². The van der Waals surface area contributed by atoms with Crippen molar-refractivity contribution in [2.24, 2.45) is 4.99 Å². The minimum Gasteiger partial charge on any atom is -0.490 e. The van der Waals surface area contributed by atoms with Crippen LogP contribution in [0.25, 0.3) is 6.08 Å². The van der Waals surface area contributed by atoms with Crippen molar-refractivity contribution >= 4 is 62.1 Å². The van der Waals surface area contributed by atoms with Crippen LogP contribution in [-0.2, 0) is 11.4 Å². The monoisotopic (exact) mass is 556 g/mol. The summed E-state index contributed by atoms with van der Waals surface area (Å²) in [4.78, 5) is 17.6. The second-order valence-corrected chi connectivity index (χ2v) is 9.77. The summed E-state index contributed by atoms with van der Waals surface area (Å²) in [5.41, 5.74) is 3.47. The molecule has 0 aliphatic carbocycles. The lowest BCUT2D eigenvalue weighted by atomic mass is 10.2. The fourth-order valence-corrected chi connectivity index (χ4v) is 4.47.